The van der Waals surface area contributed by atoms with Crippen molar-refractivity contribution in [3.05, 3.63) is 12.2 Å². The van der Waals surface area contributed by atoms with E-state index in [4.69, 9.17) is 4.74 Å². The number of rotatable bonds is 11. The van der Waals surface area contributed by atoms with Crippen molar-refractivity contribution in [2.45, 2.75) is 76.3 Å². The van der Waals surface area contributed by atoms with E-state index in [1.807, 2.05) is 13.8 Å². The molecule has 0 aromatic carbocycles. The topological polar surface area (TPSA) is 174 Å². The molecule has 0 spiro atoms. The molecule has 0 radical (unpaired) electrons. The Balaban J connectivity index is 0.00000481. The summed E-state index contributed by atoms with van der Waals surface area (Å²) in [6, 6.07) is -2.58. The number of nitrogens with one attached hydrogen (secondary N) is 3. The molecule has 4 N–H and O–H groups in total. The summed E-state index contributed by atoms with van der Waals surface area (Å²) in [4.78, 5) is 37.6. The number of hydrogen-bond donors (Lipinski definition) is 4. The van der Waals surface area contributed by atoms with Crippen molar-refractivity contribution in [1.82, 2.24) is 16.0 Å². The van der Waals surface area contributed by atoms with Gasteiger partial charge in [0.1, 0.15) is 16.2 Å². The van der Waals surface area contributed by atoms with Crippen molar-refractivity contribution >= 4 is 28.0 Å². The number of ether oxygens (including phenoxy) is 1. The zero-order valence-corrected chi connectivity index (χ0v) is 24.7. The summed E-state index contributed by atoms with van der Waals surface area (Å²) in [5.74, 6) is -0.405. The van der Waals surface area contributed by atoms with Crippen molar-refractivity contribution in [3.63, 3.8) is 0 Å². The second-order valence-corrected chi connectivity index (χ2v) is 12.3. The Morgan fingerprint density at radius 2 is 1.97 bits per heavy atom. The predicted octanol–water partition coefficient (Wildman–Crippen LogP) is -2.00. The third-order valence-electron chi connectivity index (χ3n) is 7.25. The van der Waals surface area contributed by atoms with E-state index in [-0.39, 0.29) is 66.7 Å². The summed E-state index contributed by atoms with van der Waals surface area (Å²) >= 11 is 0. The third-order valence-corrected chi connectivity index (χ3v) is 8.17. The molecule has 2 bridgehead atoms. The van der Waals surface area contributed by atoms with E-state index < -0.39 is 45.6 Å². The van der Waals surface area contributed by atoms with Gasteiger partial charge in [0, 0.05) is 12.5 Å². The largest absolute Gasteiger partial charge is 1.00 e. The molecule has 1 heterocycles. The van der Waals surface area contributed by atoms with E-state index in [1.165, 1.54) is 6.42 Å². The van der Waals surface area contributed by atoms with Crippen LogP contribution in [0, 0.1) is 29.6 Å². The predicted molar refractivity (Wildman–Crippen MR) is 129 cm³/mol. The number of aliphatic hydroxyl groups is 1. The second-order valence-electron chi connectivity index (χ2n) is 10.8. The Kier molecular flexibility index (Phi) is 12.4. The molecule has 2 fully saturated rings. The average molecular weight is 552 g/mol. The molecular weight excluding hydrogens is 513 g/mol. The molecule has 0 aromatic rings. The van der Waals surface area contributed by atoms with Crippen LogP contribution in [-0.4, -0.2) is 66.7 Å². The zero-order chi connectivity index (χ0) is 26.5. The van der Waals surface area contributed by atoms with Crippen LogP contribution in [0.4, 0.5) is 4.79 Å². The normalized spacial score (nSPS) is 27.4. The molecule has 7 atom stereocenters. The van der Waals surface area contributed by atoms with Crippen LogP contribution in [0.1, 0.15) is 58.8 Å². The maximum absolute atomic E-state index is 13.1. The van der Waals surface area contributed by atoms with Crippen molar-refractivity contribution < 1.29 is 66.8 Å². The van der Waals surface area contributed by atoms with Gasteiger partial charge < -0.3 is 30.3 Å². The first-order valence-electron chi connectivity index (χ1n) is 12.7. The van der Waals surface area contributed by atoms with E-state index in [1.54, 1.807) is 0 Å². The van der Waals surface area contributed by atoms with Crippen molar-refractivity contribution in [2.75, 3.05) is 13.2 Å². The summed E-state index contributed by atoms with van der Waals surface area (Å²) in [6.45, 7) is 4.32. The number of carbonyl (C=O) groups is 3. The molecular formula is C24H38N3NaO8S. The number of alkyl carbamates (subject to hydrolysis) is 1. The van der Waals surface area contributed by atoms with Gasteiger partial charge in [-0.15, -0.1) is 0 Å². The third kappa shape index (κ3) is 9.81. The summed E-state index contributed by atoms with van der Waals surface area (Å²) in [7, 11) is -5.16. The van der Waals surface area contributed by atoms with Crippen LogP contribution in [-0.2, 0) is 24.4 Å². The Morgan fingerprint density at radius 1 is 1.24 bits per heavy atom. The van der Waals surface area contributed by atoms with Gasteiger partial charge in [0.15, 0.2) is 5.44 Å². The number of allylic oxidation sites excluding steroid dienone is 2. The van der Waals surface area contributed by atoms with Crippen molar-refractivity contribution in [1.29, 1.82) is 0 Å². The quantitative estimate of drug-likeness (QED) is 0.130. The maximum atomic E-state index is 13.1. The first-order valence-corrected chi connectivity index (χ1v) is 14.2. The Labute approximate surface area is 241 Å². The van der Waals surface area contributed by atoms with Crippen LogP contribution in [0.25, 0.3) is 0 Å². The molecule has 37 heavy (non-hydrogen) atoms. The van der Waals surface area contributed by atoms with Crippen LogP contribution in [0.3, 0.4) is 0 Å². The first-order chi connectivity index (χ1) is 16.9. The summed E-state index contributed by atoms with van der Waals surface area (Å²) in [5.41, 5.74) is -2.43. The average Bonchev–Trinajstić information content (AvgIpc) is 3.19. The Morgan fingerprint density at radius 3 is 2.57 bits per heavy atom. The van der Waals surface area contributed by atoms with Crippen molar-refractivity contribution in [3.8, 4) is 0 Å². The van der Waals surface area contributed by atoms with Gasteiger partial charge in [-0.05, 0) is 68.6 Å². The minimum absolute atomic E-state index is 0. The second kappa shape index (κ2) is 14.3. The minimum atomic E-state index is -5.16. The fraction of sp³-hybridized carbons (Fsp3) is 0.792. The minimum Gasteiger partial charge on any atom is -0.746 e. The molecule has 204 valence electrons. The fourth-order valence-electron chi connectivity index (χ4n) is 5.55. The van der Waals surface area contributed by atoms with Gasteiger partial charge in [0.25, 0.3) is 0 Å². The van der Waals surface area contributed by atoms with E-state index in [2.05, 4.69) is 28.1 Å². The molecule has 13 heteroatoms. The SMILES string of the molecule is CC(C)C[C@H](NC(=O)OCC1C[C@@H]2C=CC[C@H](C1)C2)C(=O)N[C@@H](C[C@@H]1CCNC1=O)C(O)S(=O)(=O)[O-].[Na+]. The van der Waals surface area contributed by atoms with Crippen LogP contribution >= 0.6 is 0 Å². The van der Waals surface area contributed by atoms with Gasteiger partial charge >= 0.3 is 35.7 Å². The van der Waals surface area contributed by atoms with Gasteiger partial charge in [-0.3, -0.25) is 9.59 Å². The van der Waals surface area contributed by atoms with E-state index >= 15 is 0 Å². The molecule has 2 aliphatic carbocycles. The number of amides is 3. The van der Waals surface area contributed by atoms with Gasteiger partial charge in [0.05, 0.1) is 12.6 Å². The maximum Gasteiger partial charge on any atom is 1.00 e. The summed E-state index contributed by atoms with van der Waals surface area (Å²) < 4.78 is 39.9. The molecule has 1 aliphatic heterocycles. The smallest absolute Gasteiger partial charge is 0.746 e. The molecule has 0 aromatic heterocycles. The monoisotopic (exact) mass is 551 g/mol. The van der Waals surface area contributed by atoms with Crippen LogP contribution in [0.15, 0.2) is 12.2 Å². The zero-order valence-electron chi connectivity index (χ0n) is 21.9. The molecule has 11 nitrogen and oxygen atoms in total. The molecule has 3 aliphatic rings. The van der Waals surface area contributed by atoms with E-state index in [0.29, 0.717) is 24.8 Å². The molecule has 2 unspecified atom stereocenters. The van der Waals surface area contributed by atoms with Gasteiger partial charge in [-0.1, -0.05) is 26.0 Å². The van der Waals surface area contributed by atoms with Crippen LogP contribution in [0.2, 0.25) is 0 Å². The first kappa shape index (κ1) is 32.0. The Bertz CT molecular complexity index is 944. The summed E-state index contributed by atoms with van der Waals surface area (Å²) in [6.07, 6.45) is 8.23. The fourth-order valence-corrected chi connectivity index (χ4v) is 6.13. The number of carbonyl (C=O) groups excluding carboxylic acids is 3. The standard InChI is InChI=1S/C24H39N3O8S.Na/c1-14(2)8-19(27-24(31)35-13-17-10-15-4-3-5-16(9-15)11-17)22(29)26-20(23(30)36(32,33)34)12-18-6-7-25-21(18)28;/h3-4,14-20,23,30H,5-13H2,1-2H3,(H,25,28)(H,26,29)(H,27,31)(H,32,33,34);/q;+1/p-1/t15-,16+,17?,18+,19+,20+,23?;/m1./s1. The van der Waals surface area contributed by atoms with Gasteiger partial charge in [-0.25, -0.2) is 13.2 Å². The van der Waals surface area contributed by atoms with E-state index in [9.17, 15) is 32.5 Å². The van der Waals surface area contributed by atoms with Crippen LogP contribution < -0.4 is 45.5 Å². The molecule has 3 amide bonds. The number of aliphatic hydroxyl groups excluding tert-OH is 1. The van der Waals surface area contributed by atoms with Crippen molar-refractivity contribution in [2.24, 2.45) is 29.6 Å². The van der Waals surface area contributed by atoms with Gasteiger partial charge in [-0.2, -0.15) is 0 Å². The van der Waals surface area contributed by atoms with E-state index in [0.717, 1.165) is 19.3 Å². The van der Waals surface area contributed by atoms with Gasteiger partial charge in [0.2, 0.25) is 11.8 Å². The molecule has 3 rings (SSSR count). The Hall–Kier alpha value is -1.18. The molecule has 1 saturated heterocycles. The molecule has 1 saturated carbocycles. The number of hydrogen-bond acceptors (Lipinski definition) is 8. The number of fused-ring (bicyclic) bond motifs is 2. The summed E-state index contributed by atoms with van der Waals surface area (Å²) in [5, 5.41) is 17.7. The van der Waals surface area contributed by atoms with Crippen LogP contribution in [0.5, 0.6) is 0 Å².